The van der Waals surface area contributed by atoms with E-state index >= 15 is 0 Å². The first-order chi connectivity index (χ1) is 6.65. The Morgan fingerprint density at radius 2 is 2.29 bits per heavy atom. The van der Waals surface area contributed by atoms with E-state index in [0.717, 1.165) is 13.0 Å². The van der Waals surface area contributed by atoms with Crippen LogP contribution in [0.1, 0.15) is 46.0 Å². The number of carbonyl (C=O) groups is 1. The molecule has 0 aromatic carbocycles. The van der Waals surface area contributed by atoms with Crippen LogP contribution >= 0.6 is 0 Å². The van der Waals surface area contributed by atoms with Crippen LogP contribution in [0.15, 0.2) is 0 Å². The van der Waals surface area contributed by atoms with Gasteiger partial charge in [0.2, 0.25) is 0 Å². The Hall–Kier alpha value is -0.570. The highest BCUT2D eigenvalue weighted by molar-refractivity contribution is 5.67. The van der Waals surface area contributed by atoms with E-state index in [1.807, 2.05) is 0 Å². The van der Waals surface area contributed by atoms with Gasteiger partial charge in [0.05, 0.1) is 6.42 Å². The van der Waals surface area contributed by atoms with Crippen molar-refractivity contribution in [1.82, 2.24) is 4.90 Å². The van der Waals surface area contributed by atoms with E-state index in [2.05, 4.69) is 18.7 Å². The summed E-state index contributed by atoms with van der Waals surface area (Å²) in [6.45, 7) is 5.37. The summed E-state index contributed by atoms with van der Waals surface area (Å²) < 4.78 is 0. The van der Waals surface area contributed by atoms with Crippen molar-refractivity contribution in [2.75, 3.05) is 6.54 Å². The van der Waals surface area contributed by atoms with Crippen LogP contribution < -0.4 is 0 Å². The van der Waals surface area contributed by atoms with Crippen molar-refractivity contribution in [3.8, 4) is 0 Å². The molecule has 0 aromatic rings. The molecule has 1 saturated heterocycles. The summed E-state index contributed by atoms with van der Waals surface area (Å²) in [7, 11) is 0. The minimum absolute atomic E-state index is 0.239. The van der Waals surface area contributed by atoms with Gasteiger partial charge in [-0.2, -0.15) is 0 Å². The third kappa shape index (κ3) is 2.98. The summed E-state index contributed by atoms with van der Waals surface area (Å²) in [4.78, 5) is 13.1. The first kappa shape index (κ1) is 11.5. The van der Waals surface area contributed by atoms with Crippen LogP contribution in [0.2, 0.25) is 0 Å². The summed E-state index contributed by atoms with van der Waals surface area (Å²) in [5.41, 5.74) is 0. The maximum atomic E-state index is 10.7. The fourth-order valence-electron chi connectivity index (χ4n) is 2.36. The van der Waals surface area contributed by atoms with E-state index in [1.54, 1.807) is 0 Å². The molecule has 2 unspecified atom stereocenters. The molecule has 0 amide bonds. The SMILES string of the molecule is CCC(CC(=O)O)N1CCCCC1C. The lowest BCUT2D eigenvalue weighted by Crippen LogP contribution is -2.45. The predicted molar refractivity (Wildman–Crippen MR) is 56.4 cm³/mol. The van der Waals surface area contributed by atoms with Gasteiger partial charge in [0.25, 0.3) is 0 Å². The number of aliphatic carboxylic acids is 1. The highest BCUT2D eigenvalue weighted by atomic mass is 16.4. The zero-order chi connectivity index (χ0) is 10.6. The van der Waals surface area contributed by atoms with Gasteiger partial charge in [0, 0.05) is 12.1 Å². The Morgan fingerprint density at radius 1 is 1.57 bits per heavy atom. The number of piperidine rings is 1. The molecule has 0 radical (unpaired) electrons. The zero-order valence-electron chi connectivity index (χ0n) is 9.20. The van der Waals surface area contributed by atoms with E-state index in [1.165, 1.54) is 19.3 Å². The van der Waals surface area contributed by atoms with Gasteiger partial charge >= 0.3 is 5.97 Å². The van der Waals surface area contributed by atoms with Gasteiger partial charge in [-0.15, -0.1) is 0 Å². The number of likely N-dealkylation sites (tertiary alicyclic amines) is 1. The monoisotopic (exact) mass is 199 g/mol. The fraction of sp³-hybridized carbons (Fsp3) is 0.909. The number of carboxylic acids is 1. The zero-order valence-corrected chi connectivity index (χ0v) is 9.20. The van der Waals surface area contributed by atoms with Crippen molar-refractivity contribution in [3.05, 3.63) is 0 Å². The van der Waals surface area contributed by atoms with Crippen molar-refractivity contribution in [1.29, 1.82) is 0 Å². The summed E-state index contributed by atoms with van der Waals surface area (Å²) in [5.74, 6) is -0.672. The average molecular weight is 199 g/mol. The Kier molecular flexibility index (Phi) is 4.39. The first-order valence-corrected chi connectivity index (χ1v) is 5.62. The lowest BCUT2D eigenvalue weighted by atomic mass is 9.98. The summed E-state index contributed by atoms with van der Waals surface area (Å²) in [5, 5.41) is 8.81. The van der Waals surface area contributed by atoms with Crippen LogP contribution in [0.3, 0.4) is 0 Å². The molecule has 2 atom stereocenters. The predicted octanol–water partition coefficient (Wildman–Crippen LogP) is 2.11. The van der Waals surface area contributed by atoms with Crippen molar-refractivity contribution in [3.63, 3.8) is 0 Å². The van der Waals surface area contributed by atoms with Crippen LogP contribution in [0.25, 0.3) is 0 Å². The van der Waals surface area contributed by atoms with Crippen molar-refractivity contribution in [2.45, 2.75) is 58.0 Å². The van der Waals surface area contributed by atoms with Gasteiger partial charge in [-0.25, -0.2) is 0 Å². The normalized spacial score (nSPS) is 26.0. The van der Waals surface area contributed by atoms with Gasteiger partial charge in [-0.1, -0.05) is 13.3 Å². The van der Waals surface area contributed by atoms with Gasteiger partial charge in [-0.05, 0) is 32.7 Å². The van der Waals surface area contributed by atoms with Crippen molar-refractivity contribution < 1.29 is 9.90 Å². The molecule has 0 saturated carbocycles. The molecule has 1 N–H and O–H groups in total. The number of carboxylic acid groups (broad SMARTS) is 1. The van der Waals surface area contributed by atoms with Gasteiger partial charge in [0.1, 0.15) is 0 Å². The van der Waals surface area contributed by atoms with Gasteiger partial charge in [0.15, 0.2) is 0 Å². The van der Waals surface area contributed by atoms with E-state index < -0.39 is 5.97 Å². The molecular weight excluding hydrogens is 178 g/mol. The van der Waals surface area contributed by atoms with E-state index in [9.17, 15) is 4.79 Å². The standard InChI is InChI=1S/C11H21NO2/c1-3-10(8-11(13)14)12-7-5-4-6-9(12)2/h9-10H,3-8H2,1-2H3,(H,13,14). The maximum absolute atomic E-state index is 10.7. The molecule has 0 bridgehead atoms. The second-order valence-corrected chi connectivity index (χ2v) is 4.24. The van der Waals surface area contributed by atoms with Crippen LogP contribution in [0.5, 0.6) is 0 Å². The third-order valence-electron chi connectivity index (χ3n) is 3.20. The van der Waals surface area contributed by atoms with E-state index in [0.29, 0.717) is 12.5 Å². The summed E-state index contributed by atoms with van der Waals surface area (Å²) in [6, 6.07) is 0.802. The topological polar surface area (TPSA) is 40.5 Å². The van der Waals surface area contributed by atoms with Crippen LogP contribution in [0, 0.1) is 0 Å². The molecule has 1 fully saturated rings. The molecule has 1 heterocycles. The summed E-state index contributed by atoms with van der Waals surface area (Å²) in [6.07, 6.45) is 4.97. The lowest BCUT2D eigenvalue weighted by molar-refractivity contribution is -0.138. The number of rotatable bonds is 4. The lowest BCUT2D eigenvalue weighted by Gasteiger charge is -2.38. The van der Waals surface area contributed by atoms with Crippen molar-refractivity contribution >= 4 is 5.97 Å². The molecule has 0 spiro atoms. The Bertz CT molecular complexity index is 194. The van der Waals surface area contributed by atoms with Gasteiger partial charge < -0.3 is 5.11 Å². The molecule has 1 aliphatic rings. The van der Waals surface area contributed by atoms with E-state index in [-0.39, 0.29) is 6.04 Å². The van der Waals surface area contributed by atoms with Crippen LogP contribution in [-0.2, 0) is 4.79 Å². The second kappa shape index (κ2) is 5.35. The molecule has 3 heteroatoms. The minimum atomic E-state index is -0.672. The highest BCUT2D eigenvalue weighted by Crippen LogP contribution is 2.22. The average Bonchev–Trinajstić information content (AvgIpc) is 2.15. The Labute approximate surface area is 86.1 Å². The first-order valence-electron chi connectivity index (χ1n) is 5.62. The molecule has 82 valence electrons. The number of nitrogens with zero attached hydrogens (tertiary/aromatic N) is 1. The quantitative estimate of drug-likeness (QED) is 0.754. The third-order valence-corrected chi connectivity index (χ3v) is 3.20. The van der Waals surface area contributed by atoms with Crippen molar-refractivity contribution in [2.24, 2.45) is 0 Å². The fourth-order valence-corrected chi connectivity index (χ4v) is 2.36. The summed E-state index contributed by atoms with van der Waals surface area (Å²) >= 11 is 0. The van der Waals surface area contributed by atoms with Crippen LogP contribution in [0.4, 0.5) is 0 Å². The molecule has 1 rings (SSSR count). The highest BCUT2D eigenvalue weighted by Gasteiger charge is 2.26. The maximum Gasteiger partial charge on any atom is 0.304 e. The molecule has 0 aromatic heterocycles. The molecule has 14 heavy (non-hydrogen) atoms. The smallest absolute Gasteiger partial charge is 0.304 e. The largest absolute Gasteiger partial charge is 0.481 e. The Balaban J connectivity index is 2.52. The molecule has 0 aliphatic carbocycles. The molecule has 3 nitrogen and oxygen atoms in total. The molecular formula is C11H21NO2. The van der Waals surface area contributed by atoms with Crippen LogP contribution in [-0.4, -0.2) is 34.6 Å². The number of hydrogen-bond acceptors (Lipinski definition) is 2. The minimum Gasteiger partial charge on any atom is -0.481 e. The van der Waals surface area contributed by atoms with E-state index in [4.69, 9.17) is 5.11 Å². The number of hydrogen-bond donors (Lipinski definition) is 1. The van der Waals surface area contributed by atoms with Gasteiger partial charge in [-0.3, -0.25) is 9.69 Å². The molecule has 1 aliphatic heterocycles. The second-order valence-electron chi connectivity index (χ2n) is 4.24. The Morgan fingerprint density at radius 3 is 2.79 bits per heavy atom.